The van der Waals surface area contributed by atoms with Crippen molar-refractivity contribution in [2.45, 2.75) is 25.5 Å². The molecule has 1 aromatic carbocycles. The third kappa shape index (κ3) is 3.17. The van der Waals surface area contributed by atoms with Crippen LogP contribution in [0.2, 0.25) is 5.15 Å². The average Bonchev–Trinajstić information content (AvgIpc) is 2.92. The molecule has 1 fully saturated rings. The van der Waals surface area contributed by atoms with Gasteiger partial charge in [0.05, 0.1) is 22.2 Å². The number of thiocarbonyl (C=S) groups is 1. The van der Waals surface area contributed by atoms with Crippen LogP contribution in [0.25, 0.3) is 10.9 Å². The van der Waals surface area contributed by atoms with Crippen LogP contribution in [-0.4, -0.2) is 39.6 Å². The minimum absolute atomic E-state index is 0.123. The number of anilines is 1. The first-order chi connectivity index (χ1) is 11.5. The lowest BCUT2D eigenvalue weighted by molar-refractivity contribution is -0.0366. The fourth-order valence-electron chi connectivity index (χ4n) is 2.77. The molecule has 1 aliphatic rings. The molecule has 1 atom stereocenters. The smallest absolute Gasteiger partial charge is 0.335 e. The second-order valence-electron chi connectivity index (χ2n) is 5.48. The van der Waals surface area contributed by atoms with E-state index in [1.807, 2.05) is 0 Å². The minimum Gasteiger partial charge on any atom is -0.478 e. The molecule has 0 saturated carbocycles. The van der Waals surface area contributed by atoms with E-state index in [1.165, 1.54) is 6.07 Å². The lowest BCUT2D eigenvalue weighted by Gasteiger charge is -2.23. The highest BCUT2D eigenvalue weighted by Crippen LogP contribution is 2.35. The normalized spacial score (nSPS) is 17.7. The molecule has 128 valence electrons. The first kappa shape index (κ1) is 16.9. The molecule has 0 bridgehead atoms. The van der Waals surface area contributed by atoms with Gasteiger partial charge in [-0.05, 0) is 43.6 Å². The summed E-state index contributed by atoms with van der Waals surface area (Å²) in [6, 6.07) is 3.05. The van der Waals surface area contributed by atoms with E-state index in [9.17, 15) is 9.90 Å². The fourth-order valence-corrected chi connectivity index (χ4v) is 3.16. The largest absolute Gasteiger partial charge is 0.478 e. The van der Waals surface area contributed by atoms with Gasteiger partial charge in [0.1, 0.15) is 0 Å². The van der Waals surface area contributed by atoms with Crippen molar-refractivity contribution in [3.8, 4) is 0 Å². The Labute approximate surface area is 148 Å². The van der Waals surface area contributed by atoms with E-state index in [0.717, 1.165) is 19.3 Å². The topological polar surface area (TPSA) is 88.4 Å². The van der Waals surface area contributed by atoms with E-state index >= 15 is 0 Å². The van der Waals surface area contributed by atoms with Gasteiger partial charge in [-0.3, -0.25) is 0 Å². The molecule has 0 spiro atoms. The number of benzene rings is 1. The van der Waals surface area contributed by atoms with Crippen LogP contribution < -0.4 is 10.6 Å². The SMILES string of the molecule is CNC(=S)Nc1cc(C(=O)O)cc2c1c(Cl)nn2C1CCCCO1. The predicted molar refractivity (Wildman–Crippen MR) is 95.8 cm³/mol. The second kappa shape index (κ2) is 6.92. The monoisotopic (exact) mass is 368 g/mol. The van der Waals surface area contributed by atoms with Crippen molar-refractivity contribution >= 4 is 51.5 Å². The number of fused-ring (bicyclic) bond motifs is 1. The average molecular weight is 369 g/mol. The molecule has 1 aliphatic heterocycles. The third-order valence-corrected chi connectivity index (χ3v) is 4.49. The zero-order valence-corrected chi connectivity index (χ0v) is 14.6. The lowest BCUT2D eigenvalue weighted by Crippen LogP contribution is -2.24. The van der Waals surface area contributed by atoms with Crippen LogP contribution in [-0.2, 0) is 4.74 Å². The van der Waals surface area contributed by atoms with Gasteiger partial charge in [0.25, 0.3) is 0 Å². The van der Waals surface area contributed by atoms with Crippen LogP contribution in [0.5, 0.6) is 0 Å². The van der Waals surface area contributed by atoms with Crippen LogP contribution in [0.3, 0.4) is 0 Å². The Hall–Kier alpha value is -1.90. The van der Waals surface area contributed by atoms with Gasteiger partial charge in [-0.2, -0.15) is 5.10 Å². The maximum absolute atomic E-state index is 11.5. The standard InChI is InChI=1S/C15H17ClN4O3S/c1-17-15(24)18-9-6-8(14(21)22)7-10-12(9)13(16)19-20(10)11-4-2-3-5-23-11/h6-7,11H,2-5H2,1H3,(H,21,22)(H2,17,18,24). The van der Waals surface area contributed by atoms with E-state index in [1.54, 1.807) is 17.8 Å². The Kier molecular flexibility index (Phi) is 4.88. The number of ether oxygens (including phenoxy) is 1. The van der Waals surface area contributed by atoms with Crippen molar-refractivity contribution < 1.29 is 14.6 Å². The van der Waals surface area contributed by atoms with E-state index in [2.05, 4.69) is 15.7 Å². The number of nitrogens with zero attached hydrogens (tertiary/aromatic N) is 2. The number of carboxylic acid groups (broad SMARTS) is 1. The summed E-state index contributed by atoms with van der Waals surface area (Å²) in [5.41, 5.74) is 1.22. The van der Waals surface area contributed by atoms with Crippen molar-refractivity contribution in [2.24, 2.45) is 0 Å². The summed E-state index contributed by atoms with van der Waals surface area (Å²) in [6.07, 6.45) is 2.59. The second-order valence-corrected chi connectivity index (χ2v) is 6.25. The lowest BCUT2D eigenvalue weighted by atomic mass is 10.1. The number of hydrogen-bond donors (Lipinski definition) is 3. The molecule has 0 amide bonds. The summed E-state index contributed by atoms with van der Waals surface area (Å²) in [5, 5.41) is 20.8. The fraction of sp³-hybridized carbons (Fsp3) is 0.400. The molecular formula is C15H17ClN4O3S. The van der Waals surface area contributed by atoms with Crippen molar-refractivity contribution in [3.63, 3.8) is 0 Å². The Morgan fingerprint density at radius 3 is 2.92 bits per heavy atom. The highest BCUT2D eigenvalue weighted by molar-refractivity contribution is 7.80. The minimum atomic E-state index is -1.04. The van der Waals surface area contributed by atoms with Crippen LogP contribution in [0, 0.1) is 0 Å². The Morgan fingerprint density at radius 2 is 2.29 bits per heavy atom. The number of aromatic nitrogens is 2. The first-order valence-corrected chi connectivity index (χ1v) is 8.35. The number of aromatic carboxylic acids is 1. The number of hydrogen-bond acceptors (Lipinski definition) is 4. The van der Waals surface area contributed by atoms with Gasteiger partial charge in [-0.1, -0.05) is 11.6 Å². The van der Waals surface area contributed by atoms with Gasteiger partial charge in [0.2, 0.25) is 0 Å². The molecule has 1 aromatic heterocycles. The molecule has 0 aliphatic carbocycles. The maximum atomic E-state index is 11.5. The molecule has 3 rings (SSSR count). The van der Waals surface area contributed by atoms with Gasteiger partial charge < -0.3 is 20.5 Å². The number of carboxylic acids is 1. The molecule has 3 N–H and O–H groups in total. The Morgan fingerprint density at radius 1 is 1.50 bits per heavy atom. The van der Waals surface area contributed by atoms with Gasteiger partial charge >= 0.3 is 5.97 Å². The molecule has 1 unspecified atom stereocenters. The van der Waals surface area contributed by atoms with E-state index < -0.39 is 5.97 Å². The van der Waals surface area contributed by atoms with Crippen molar-refractivity contribution in [3.05, 3.63) is 22.8 Å². The summed E-state index contributed by atoms with van der Waals surface area (Å²) in [6.45, 7) is 0.650. The van der Waals surface area contributed by atoms with Crippen LogP contribution >= 0.6 is 23.8 Å². The van der Waals surface area contributed by atoms with Gasteiger partial charge in [0, 0.05) is 13.7 Å². The van der Waals surface area contributed by atoms with E-state index in [0.29, 0.717) is 28.3 Å². The highest BCUT2D eigenvalue weighted by Gasteiger charge is 2.23. The summed E-state index contributed by atoms with van der Waals surface area (Å²) >= 11 is 11.4. The molecule has 2 heterocycles. The van der Waals surface area contributed by atoms with Gasteiger partial charge in [-0.15, -0.1) is 0 Å². The van der Waals surface area contributed by atoms with E-state index in [4.69, 9.17) is 28.6 Å². The predicted octanol–water partition coefficient (Wildman–Crippen LogP) is 3.00. The Balaban J connectivity index is 2.17. The van der Waals surface area contributed by atoms with E-state index in [-0.39, 0.29) is 16.9 Å². The Bertz CT molecular complexity index is 802. The summed E-state index contributed by atoms with van der Waals surface area (Å²) in [5.74, 6) is -1.04. The summed E-state index contributed by atoms with van der Waals surface area (Å²) in [7, 11) is 1.68. The first-order valence-electron chi connectivity index (χ1n) is 7.56. The quantitative estimate of drug-likeness (QED) is 0.717. The number of rotatable bonds is 3. The zero-order valence-electron chi connectivity index (χ0n) is 13.0. The molecule has 9 heteroatoms. The van der Waals surface area contributed by atoms with Crippen LogP contribution in [0.4, 0.5) is 5.69 Å². The molecular weight excluding hydrogens is 352 g/mol. The van der Waals surface area contributed by atoms with Gasteiger partial charge in [0.15, 0.2) is 16.5 Å². The molecule has 0 radical (unpaired) electrons. The summed E-state index contributed by atoms with van der Waals surface area (Å²) in [4.78, 5) is 11.5. The maximum Gasteiger partial charge on any atom is 0.335 e. The van der Waals surface area contributed by atoms with Gasteiger partial charge in [-0.25, -0.2) is 9.48 Å². The molecule has 7 nitrogen and oxygen atoms in total. The van der Waals surface area contributed by atoms with Crippen LogP contribution in [0.15, 0.2) is 12.1 Å². The zero-order chi connectivity index (χ0) is 17.3. The number of nitrogens with one attached hydrogen (secondary N) is 2. The van der Waals surface area contributed by atoms with Crippen molar-refractivity contribution in [1.82, 2.24) is 15.1 Å². The number of halogens is 1. The molecule has 24 heavy (non-hydrogen) atoms. The molecule has 1 saturated heterocycles. The van der Waals surface area contributed by atoms with Crippen molar-refractivity contribution in [1.29, 1.82) is 0 Å². The van der Waals surface area contributed by atoms with Crippen LogP contribution in [0.1, 0.15) is 35.8 Å². The number of carbonyl (C=O) groups is 1. The summed E-state index contributed by atoms with van der Waals surface area (Å²) < 4.78 is 7.43. The third-order valence-electron chi connectivity index (χ3n) is 3.92. The molecule has 2 aromatic rings. The highest BCUT2D eigenvalue weighted by atomic mass is 35.5. The van der Waals surface area contributed by atoms with Crippen molar-refractivity contribution in [2.75, 3.05) is 19.0 Å².